The van der Waals surface area contributed by atoms with Crippen molar-refractivity contribution in [2.75, 3.05) is 13.2 Å². The molecule has 0 saturated heterocycles. The number of rotatable bonds is 5. The van der Waals surface area contributed by atoms with Crippen LogP contribution in [-0.2, 0) is 23.9 Å². The first-order valence-electron chi connectivity index (χ1n) is 8.56. The van der Waals surface area contributed by atoms with E-state index in [1.165, 1.54) is 6.92 Å². The van der Waals surface area contributed by atoms with Crippen molar-refractivity contribution in [3.05, 3.63) is 34.3 Å². The molecule has 1 aliphatic carbocycles. The fourth-order valence-electron chi connectivity index (χ4n) is 3.59. The molecule has 1 aliphatic rings. The van der Waals surface area contributed by atoms with E-state index in [0.717, 1.165) is 4.47 Å². The maximum Gasteiger partial charge on any atom is 0.317 e. The van der Waals surface area contributed by atoms with Crippen LogP contribution in [0.1, 0.15) is 38.7 Å². The third kappa shape index (κ3) is 4.15. The lowest BCUT2D eigenvalue weighted by Gasteiger charge is -2.43. The maximum absolute atomic E-state index is 12.7. The number of esters is 2. The summed E-state index contributed by atoms with van der Waals surface area (Å²) in [5, 5.41) is 10.8. The summed E-state index contributed by atoms with van der Waals surface area (Å²) in [6.07, 6.45) is -0.315. The number of hydrogen-bond donors (Lipinski definition) is 1. The number of Topliss-reactive ketones (excluding diaryl/α,β-unsaturated/α-hetero) is 1. The summed E-state index contributed by atoms with van der Waals surface area (Å²) in [4.78, 5) is 37.9. The molecule has 1 fully saturated rings. The smallest absolute Gasteiger partial charge is 0.317 e. The standard InChI is InChI=1S/C19H23BrO6/c1-4-25-17(22)15-13(21)10-19(3,24)16(18(23)26-5-2)14(15)11-7-6-8-12(20)9-11/h6-9,14-16,24H,4-5,10H2,1-3H3/t14-,15+,16+,19+/m1/s1. The molecule has 4 atom stereocenters. The minimum absolute atomic E-state index is 0.119. The largest absolute Gasteiger partial charge is 0.466 e. The molecule has 1 N–H and O–H groups in total. The van der Waals surface area contributed by atoms with Crippen LogP contribution in [0.3, 0.4) is 0 Å². The molecule has 1 saturated carbocycles. The molecule has 0 unspecified atom stereocenters. The third-order valence-electron chi connectivity index (χ3n) is 4.58. The zero-order chi connectivity index (χ0) is 19.5. The summed E-state index contributed by atoms with van der Waals surface area (Å²) in [5.41, 5.74) is -1.04. The monoisotopic (exact) mass is 426 g/mol. The molecule has 0 spiro atoms. The van der Waals surface area contributed by atoms with Crippen LogP contribution in [-0.4, -0.2) is 41.6 Å². The number of carbonyl (C=O) groups is 3. The minimum Gasteiger partial charge on any atom is -0.466 e. The molecular weight excluding hydrogens is 404 g/mol. The summed E-state index contributed by atoms with van der Waals surface area (Å²) in [6, 6.07) is 7.00. The SMILES string of the molecule is CCOC(=O)[C@H]1C(=O)C[C@](C)(O)[C@H](C(=O)OCC)[C@@H]1c1cccc(Br)c1. The molecule has 0 amide bonds. The Kier molecular flexibility index (Phi) is 6.58. The van der Waals surface area contributed by atoms with Crippen LogP contribution in [0.25, 0.3) is 0 Å². The van der Waals surface area contributed by atoms with Gasteiger partial charge in [0.2, 0.25) is 0 Å². The van der Waals surface area contributed by atoms with Gasteiger partial charge in [0, 0.05) is 16.8 Å². The summed E-state index contributed by atoms with van der Waals surface area (Å²) < 4.78 is 11.0. The molecule has 1 aromatic carbocycles. The molecule has 6 nitrogen and oxygen atoms in total. The van der Waals surface area contributed by atoms with Crippen LogP contribution >= 0.6 is 15.9 Å². The topological polar surface area (TPSA) is 89.9 Å². The van der Waals surface area contributed by atoms with Gasteiger partial charge < -0.3 is 14.6 Å². The third-order valence-corrected chi connectivity index (χ3v) is 5.08. The fourth-order valence-corrected chi connectivity index (χ4v) is 4.01. The second-order valence-corrected chi connectivity index (χ2v) is 7.46. The van der Waals surface area contributed by atoms with E-state index in [4.69, 9.17) is 9.47 Å². The van der Waals surface area contributed by atoms with Crippen LogP contribution in [0.15, 0.2) is 28.7 Å². The number of ketones is 1. The average Bonchev–Trinajstić information content (AvgIpc) is 2.53. The summed E-state index contributed by atoms with van der Waals surface area (Å²) >= 11 is 3.37. The zero-order valence-electron chi connectivity index (χ0n) is 15.0. The normalized spacial score (nSPS) is 28.5. The van der Waals surface area contributed by atoms with E-state index in [9.17, 15) is 19.5 Å². The Morgan fingerprint density at radius 1 is 1.23 bits per heavy atom. The molecule has 0 aromatic heterocycles. The first kappa shape index (κ1) is 20.6. The van der Waals surface area contributed by atoms with Crippen molar-refractivity contribution in [3.63, 3.8) is 0 Å². The van der Waals surface area contributed by atoms with Crippen molar-refractivity contribution >= 4 is 33.7 Å². The first-order chi connectivity index (χ1) is 12.2. The highest BCUT2D eigenvalue weighted by Crippen LogP contribution is 2.47. The summed E-state index contributed by atoms with van der Waals surface area (Å²) in [7, 11) is 0. The Morgan fingerprint density at radius 2 is 1.85 bits per heavy atom. The predicted octanol–water partition coefficient (Wildman–Crippen LogP) is 2.62. The molecule has 1 aromatic rings. The molecule has 0 bridgehead atoms. The number of carbonyl (C=O) groups excluding carboxylic acids is 3. The Labute approximate surface area is 161 Å². The fraction of sp³-hybridized carbons (Fsp3) is 0.526. The van der Waals surface area contributed by atoms with Gasteiger partial charge in [0.15, 0.2) is 5.78 Å². The predicted molar refractivity (Wildman–Crippen MR) is 97.4 cm³/mol. The average molecular weight is 427 g/mol. The number of ether oxygens (including phenoxy) is 2. The van der Waals surface area contributed by atoms with Gasteiger partial charge in [-0.15, -0.1) is 0 Å². The Balaban J connectivity index is 2.61. The van der Waals surface area contributed by atoms with Gasteiger partial charge in [0.25, 0.3) is 0 Å². The Hall–Kier alpha value is -1.73. The van der Waals surface area contributed by atoms with E-state index in [2.05, 4.69) is 15.9 Å². The minimum atomic E-state index is -1.63. The van der Waals surface area contributed by atoms with Gasteiger partial charge in [-0.3, -0.25) is 14.4 Å². The van der Waals surface area contributed by atoms with Gasteiger partial charge in [0.1, 0.15) is 5.92 Å². The summed E-state index contributed by atoms with van der Waals surface area (Å²) in [5.74, 6) is -4.87. The summed E-state index contributed by atoms with van der Waals surface area (Å²) in [6.45, 7) is 5.00. The quantitative estimate of drug-likeness (QED) is 0.574. The molecule has 142 valence electrons. The second-order valence-electron chi connectivity index (χ2n) is 6.54. The lowest BCUT2D eigenvalue weighted by molar-refractivity contribution is -0.172. The molecule has 2 rings (SSSR count). The Bertz CT molecular complexity index is 699. The van der Waals surface area contributed by atoms with Gasteiger partial charge in [-0.25, -0.2) is 0 Å². The molecule has 7 heteroatoms. The van der Waals surface area contributed by atoms with E-state index in [-0.39, 0.29) is 19.6 Å². The van der Waals surface area contributed by atoms with Crippen LogP contribution in [0.2, 0.25) is 0 Å². The molecule has 0 radical (unpaired) electrons. The number of halogens is 1. The van der Waals surface area contributed by atoms with Gasteiger partial charge in [-0.1, -0.05) is 28.1 Å². The van der Waals surface area contributed by atoms with Crippen molar-refractivity contribution < 1.29 is 29.0 Å². The van der Waals surface area contributed by atoms with Gasteiger partial charge in [-0.05, 0) is 38.5 Å². The van der Waals surface area contributed by atoms with Gasteiger partial charge in [0.05, 0.1) is 24.7 Å². The van der Waals surface area contributed by atoms with E-state index in [1.807, 2.05) is 0 Å². The molecule has 26 heavy (non-hydrogen) atoms. The lowest BCUT2D eigenvalue weighted by Crippen LogP contribution is -2.55. The van der Waals surface area contributed by atoms with E-state index >= 15 is 0 Å². The number of hydrogen-bond acceptors (Lipinski definition) is 6. The van der Waals surface area contributed by atoms with E-state index in [1.54, 1.807) is 38.1 Å². The van der Waals surface area contributed by atoms with Crippen LogP contribution in [0.4, 0.5) is 0 Å². The molecular formula is C19H23BrO6. The van der Waals surface area contributed by atoms with Crippen molar-refractivity contribution in [2.24, 2.45) is 11.8 Å². The molecule has 0 aliphatic heterocycles. The van der Waals surface area contributed by atoms with E-state index < -0.39 is 41.1 Å². The maximum atomic E-state index is 12.7. The van der Waals surface area contributed by atoms with E-state index in [0.29, 0.717) is 5.56 Å². The number of aliphatic hydroxyl groups is 1. The van der Waals surface area contributed by atoms with Gasteiger partial charge in [-0.2, -0.15) is 0 Å². The van der Waals surface area contributed by atoms with Crippen molar-refractivity contribution in [3.8, 4) is 0 Å². The highest BCUT2D eigenvalue weighted by Gasteiger charge is 2.57. The second kappa shape index (κ2) is 8.31. The van der Waals surface area contributed by atoms with Crippen molar-refractivity contribution in [1.29, 1.82) is 0 Å². The van der Waals surface area contributed by atoms with Crippen molar-refractivity contribution in [2.45, 2.75) is 38.7 Å². The van der Waals surface area contributed by atoms with Crippen LogP contribution in [0, 0.1) is 11.8 Å². The molecule has 0 heterocycles. The highest BCUT2D eigenvalue weighted by molar-refractivity contribution is 9.10. The first-order valence-corrected chi connectivity index (χ1v) is 9.36. The zero-order valence-corrected chi connectivity index (χ0v) is 16.6. The van der Waals surface area contributed by atoms with Crippen molar-refractivity contribution in [1.82, 2.24) is 0 Å². The highest BCUT2D eigenvalue weighted by atomic mass is 79.9. The lowest BCUT2D eigenvalue weighted by atomic mass is 9.62. The Morgan fingerprint density at radius 3 is 2.42 bits per heavy atom. The van der Waals surface area contributed by atoms with Crippen LogP contribution < -0.4 is 0 Å². The van der Waals surface area contributed by atoms with Gasteiger partial charge >= 0.3 is 11.9 Å². The van der Waals surface area contributed by atoms with Crippen LogP contribution in [0.5, 0.6) is 0 Å². The number of benzene rings is 1.